The van der Waals surface area contributed by atoms with E-state index in [0.717, 1.165) is 5.54 Å². The Labute approximate surface area is 53.0 Å². The van der Waals surface area contributed by atoms with E-state index in [0.29, 0.717) is 0 Å². The lowest BCUT2D eigenvalue weighted by Crippen LogP contribution is -1.76. The molecular formula is C7H10Si. The maximum absolute atomic E-state index is 2.23. The molecule has 0 bridgehead atoms. The van der Waals surface area contributed by atoms with Crippen LogP contribution < -0.4 is 0 Å². The highest BCUT2D eigenvalue weighted by Crippen LogP contribution is 2.05. The standard InChI is InChI=1S/C7H10Si/c8-7-5-3-1-2-4-6-7/h1-7H,8H3. The van der Waals surface area contributed by atoms with Crippen molar-refractivity contribution < 1.29 is 0 Å². The molecule has 0 N–H and O–H groups in total. The van der Waals surface area contributed by atoms with Gasteiger partial charge in [0.05, 0.1) is 0 Å². The summed E-state index contributed by atoms with van der Waals surface area (Å²) in [5.41, 5.74) is 0.741. The van der Waals surface area contributed by atoms with Crippen LogP contribution in [0.3, 0.4) is 0 Å². The smallest absolute Gasteiger partial charge is 0.0163 e. The lowest BCUT2D eigenvalue weighted by Gasteiger charge is -1.90. The van der Waals surface area contributed by atoms with Gasteiger partial charge in [-0.25, -0.2) is 0 Å². The van der Waals surface area contributed by atoms with E-state index < -0.39 is 0 Å². The molecule has 0 nitrogen and oxygen atoms in total. The van der Waals surface area contributed by atoms with Crippen molar-refractivity contribution >= 4 is 10.2 Å². The zero-order valence-electron chi connectivity index (χ0n) is 5.04. The Kier molecular flexibility index (Phi) is 1.86. The summed E-state index contributed by atoms with van der Waals surface area (Å²) in [4.78, 5) is 0. The van der Waals surface area contributed by atoms with Gasteiger partial charge in [0.1, 0.15) is 0 Å². The molecule has 0 radical (unpaired) electrons. The summed E-state index contributed by atoms with van der Waals surface area (Å²) in [7, 11) is 1.23. The molecule has 1 aliphatic rings. The van der Waals surface area contributed by atoms with Gasteiger partial charge in [0.15, 0.2) is 0 Å². The van der Waals surface area contributed by atoms with E-state index in [9.17, 15) is 0 Å². The second-order valence-corrected chi connectivity index (χ2v) is 3.35. The van der Waals surface area contributed by atoms with E-state index in [1.165, 1.54) is 10.2 Å². The summed E-state index contributed by atoms with van der Waals surface area (Å²) in [6.07, 6.45) is 12.8. The molecule has 0 fully saturated rings. The molecule has 1 heteroatoms. The van der Waals surface area contributed by atoms with Gasteiger partial charge in [-0.3, -0.25) is 0 Å². The zero-order valence-corrected chi connectivity index (χ0v) is 7.04. The Morgan fingerprint density at radius 1 is 0.875 bits per heavy atom. The molecule has 0 aromatic carbocycles. The average molecular weight is 122 g/mol. The van der Waals surface area contributed by atoms with Crippen molar-refractivity contribution in [2.24, 2.45) is 0 Å². The van der Waals surface area contributed by atoms with Crippen molar-refractivity contribution in [2.75, 3.05) is 0 Å². The molecule has 1 rings (SSSR count). The Bertz CT molecular complexity index is 126. The van der Waals surface area contributed by atoms with Gasteiger partial charge in [-0.1, -0.05) is 36.5 Å². The molecule has 0 atom stereocenters. The molecule has 8 heavy (non-hydrogen) atoms. The van der Waals surface area contributed by atoms with Crippen molar-refractivity contribution in [1.29, 1.82) is 0 Å². The van der Waals surface area contributed by atoms with Crippen LogP contribution in [0.4, 0.5) is 0 Å². The third-order valence-electron chi connectivity index (χ3n) is 1.16. The number of hydrogen-bond donors (Lipinski definition) is 0. The topological polar surface area (TPSA) is 0 Å². The van der Waals surface area contributed by atoms with Crippen LogP contribution >= 0.6 is 0 Å². The molecule has 0 amide bonds. The highest BCUT2D eigenvalue weighted by atomic mass is 28.1. The van der Waals surface area contributed by atoms with E-state index >= 15 is 0 Å². The van der Waals surface area contributed by atoms with Crippen LogP contribution in [0.2, 0.25) is 5.54 Å². The van der Waals surface area contributed by atoms with Crippen molar-refractivity contribution in [2.45, 2.75) is 5.54 Å². The Hall–Kier alpha value is -0.563. The Morgan fingerprint density at radius 3 is 1.88 bits per heavy atom. The molecule has 0 saturated heterocycles. The van der Waals surface area contributed by atoms with Crippen LogP contribution in [0.15, 0.2) is 36.5 Å². The minimum absolute atomic E-state index is 0.741. The molecule has 1 aliphatic carbocycles. The minimum Gasteiger partial charge on any atom is -0.0814 e. The summed E-state index contributed by atoms with van der Waals surface area (Å²) in [5, 5.41) is 0. The van der Waals surface area contributed by atoms with Crippen molar-refractivity contribution in [3.05, 3.63) is 36.5 Å². The van der Waals surface area contributed by atoms with E-state index in [1.54, 1.807) is 0 Å². The highest BCUT2D eigenvalue weighted by molar-refractivity contribution is 6.14. The van der Waals surface area contributed by atoms with Crippen LogP contribution in [0.1, 0.15) is 0 Å². The fourth-order valence-electron chi connectivity index (χ4n) is 0.671. The van der Waals surface area contributed by atoms with Crippen molar-refractivity contribution in [3.63, 3.8) is 0 Å². The third kappa shape index (κ3) is 1.50. The number of allylic oxidation sites excluding steroid dienone is 6. The highest BCUT2D eigenvalue weighted by Gasteiger charge is 1.87. The SMILES string of the molecule is [SiH3]C1C=CC=CC=C1. The summed E-state index contributed by atoms with van der Waals surface area (Å²) in [6, 6.07) is 0. The van der Waals surface area contributed by atoms with Gasteiger partial charge in [0, 0.05) is 10.2 Å². The summed E-state index contributed by atoms with van der Waals surface area (Å²) in [6.45, 7) is 0. The van der Waals surface area contributed by atoms with E-state index in [1.807, 2.05) is 0 Å². The van der Waals surface area contributed by atoms with Gasteiger partial charge < -0.3 is 0 Å². The van der Waals surface area contributed by atoms with Gasteiger partial charge in [0.2, 0.25) is 0 Å². The van der Waals surface area contributed by atoms with Crippen molar-refractivity contribution in [1.82, 2.24) is 0 Å². The van der Waals surface area contributed by atoms with Gasteiger partial charge in [0.25, 0.3) is 0 Å². The monoisotopic (exact) mass is 122 g/mol. The molecule has 0 aliphatic heterocycles. The van der Waals surface area contributed by atoms with E-state index in [2.05, 4.69) is 36.5 Å². The van der Waals surface area contributed by atoms with Gasteiger partial charge in [-0.2, -0.15) is 0 Å². The first-order valence-electron chi connectivity index (χ1n) is 2.91. The molecule has 0 heterocycles. The molecule has 0 aromatic heterocycles. The summed E-state index contributed by atoms with van der Waals surface area (Å²) >= 11 is 0. The molecule has 0 unspecified atom stereocenters. The number of hydrogen-bond acceptors (Lipinski definition) is 0. The maximum Gasteiger partial charge on any atom is 0.0163 e. The predicted octanol–water partition coefficient (Wildman–Crippen LogP) is 0.823. The lowest BCUT2D eigenvalue weighted by molar-refractivity contribution is 1.38. The van der Waals surface area contributed by atoms with Gasteiger partial charge in [-0.05, 0) is 5.54 Å². The fraction of sp³-hybridized carbons (Fsp3) is 0.143. The van der Waals surface area contributed by atoms with Crippen LogP contribution in [0, 0.1) is 0 Å². The first kappa shape index (κ1) is 5.57. The molecule has 0 spiro atoms. The molecule has 0 saturated carbocycles. The molecule has 42 valence electrons. The fourth-order valence-corrected chi connectivity index (χ4v) is 1.12. The third-order valence-corrected chi connectivity index (χ3v) is 1.93. The normalized spacial score (nSPS) is 19.5. The Balaban J connectivity index is 2.66. The first-order chi connectivity index (χ1) is 3.89. The van der Waals surface area contributed by atoms with Crippen LogP contribution in [0.25, 0.3) is 0 Å². The summed E-state index contributed by atoms with van der Waals surface area (Å²) in [5.74, 6) is 0. The Morgan fingerprint density at radius 2 is 1.38 bits per heavy atom. The van der Waals surface area contributed by atoms with E-state index in [4.69, 9.17) is 0 Å². The zero-order chi connectivity index (χ0) is 5.82. The van der Waals surface area contributed by atoms with Crippen LogP contribution in [-0.2, 0) is 0 Å². The molecule has 0 aromatic rings. The lowest BCUT2D eigenvalue weighted by atomic mass is 10.4. The average Bonchev–Trinajstić information content (AvgIpc) is 1.94. The van der Waals surface area contributed by atoms with E-state index in [-0.39, 0.29) is 0 Å². The quantitative estimate of drug-likeness (QED) is 0.417. The molecular weight excluding hydrogens is 112 g/mol. The second kappa shape index (κ2) is 2.67. The van der Waals surface area contributed by atoms with Gasteiger partial charge >= 0.3 is 0 Å². The summed E-state index contributed by atoms with van der Waals surface area (Å²) < 4.78 is 0. The largest absolute Gasteiger partial charge is 0.0814 e. The first-order valence-corrected chi connectivity index (χ1v) is 4.07. The number of rotatable bonds is 0. The maximum atomic E-state index is 2.23. The predicted molar refractivity (Wildman–Crippen MR) is 41.1 cm³/mol. The van der Waals surface area contributed by atoms with Crippen molar-refractivity contribution in [3.8, 4) is 0 Å². The minimum atomic E-state index is 0.741. The van der Waals surface area contributed by atoms with Crippen LogP contribution in [-0.4, -0.2) is 10.2 Å². The second-order valence-electron chi connectivity index (χ2n) is 2.01. The van der Waals surface area contributed by atoms with Gasteiger partial charge in [-0.15, -0.1) is 0 Å². The van der Waals surface area contributed by atoms with Crippen LogP contribution in [0.5, 0.6) is 0 Å².